The van der Waals surface area contributed by atoms with Crippen molar-refractivity contribution in [3.05, 3.63) is 67.6 Å². The standard InChI is InChI=1S/C20H23N5O3/c1-12-13(2)21-17-11-15(22-25(17)19(12)27)16-6-4-5-8-24(16)20(28)14-7-9-23(3)18(26)10-14/h7,9-11,16,22H,4-6,8H2,1-3H3. The van der Waals surface area contributed by atoms with E-state index in [9.17, 15) is 14.4 Å². The molecule has 1 N–H and O–H groups in total. The van der Waals surface area contributed by atoms with Crippen molar-refractivity contribution in [3.8, 4) is 0 Å². The van der Waals surface area contributed by atoms with Crippen LogP contribution in [0, 0.1) is 13.8 Å². The van der Waals surface area contributed by atoms with Crippen LogP contribution in [0.3, 0.4) is 0 Å². The first-order valence-electron chi connectivity index (χ1n) is 9.43. The Morgan fingerprint density at radius 2 is 2.00 bits per heavy atom. The molecule has 8 nitrogen and oxygen atoms in total. The number of nitrogens with one attached hydrogen (secondary N) is 1. The zero-order valence-electron chi connectivity index (χ0n) is 16.2. The van der Waals surface area contributed by atoms with Crippen LogP contribution in [0.25, 0.3) is 5.65 Å². The molecule has 0 bridgehead atoms. The topological polar surface area (TPSA) is 92.5 Å². The van der Waals surface area contributed by atoms with Crippen LogP contribution in [0.4, 0.5) is 0 Å². The molecule has 1 aliphatic rings. The fourth-order valence-electron chi connectivity index (χ4n) is 3.75. The Balaban J connectivity index is 1.75. The maximum Gasteiger partial charge on any atom is 0.275 e. The molecule has 3 aromatic rings. The summed E-state index contributed by atoms with van der Waals surface area (Å²) in [6, 6.07) is 4.69. The molecule has 28 heavy (non-hydrogen) atoms. The summed E-state index contributed by atoms with van der Waals surface area (Å²) in [5.41, 5.74) is 2.67. The van der Waals surface area contributed by atoms with Crippen molar-refractivity contribution >= 4 is 11.6 Å². The van der Waals surface area contributed by atoms with Gasteiger partial charge in [-0.05, 0) is 39.2 Å². The molecule has 0 aromatic carbocycles. The van der Waals surface area contributed by atoms with Gasteiger partial charge >= 0.3 is 0 Å². The van der Waals surface area contributed by atoms with Crippen molar-refractivity contribution in [2.45, 2.75) is 39.2 Å². The molecule has 1 atom stereocenters. The smallest absolute Gasteiger partial charge is 0.275 e. The van der Waals surface area contributed by atoms with E-state index in [-0.39, 0.29) is 23.1 Å². The third-order valence-electron chi connectivity index (χ3n) is 5.58. The average molecular weight is 381 g/mol. The van der Waals surface area contributed by atoms with Gasteiger partial charge in [-0.1, -0.05) is 0 Å². The summed E-state index contributed by atoms with van der Waals surface area (Å²) in [7, 11) is 1.65. The third-order valence-corrected chi connectivity index (χ3v) is 5.58. The van der Waals surface area contributed by atoms with Crippen molar-refractivity contribution in [1.82, 2.24) is 24.1 Å². The number of carbonyl (C=O) groups excluding carboxylic acids is 1. The number of aromatic nitrogens is 4. The van der Waals surface area contributed by atoms with Crippen molar-refractivity contribution in [3.63, 3.8) is 0 Å². The number of piperidine rings is 1. The second-order valence-corrected chi connectivity index (χ2v) is 7.41. The number of hydrogen-bond donors (Lipinski definition) is 1. The minimum absolute atomic E-state index is 0.131. The summed E-state index contributed by atoms with van der Waals surface area (Å²) < 4.78 is 2.87. The SMILES string of the molecule is Cc1nc2cc(C3CCCCN3C(=O)c3ccn(C)c(=O)c3)[nH]n2c(=O)c1C. The van der Waals surface area contributed by atoms with Crippen LogP contribution >= 0.6 is 0 Å². The highest BCUT2D eigenvalue weighted by Crippen LogP contribution is 2.31. The average Bonchev–Trinajstić information content (AvgIpc) is 3.11. The van der Waals surface area contributed by atoms with Crippen molar-refractivity contribution in [2.75, 3.05) is 6.54 Å². The molecule has 1 unspecified atom stereocenters. The lowest BCUT2D eigenvalue weighted by molar-refractivity contribution is 0.0605. The molecular weight excluding hydrogens is 358 g/mol. The molecule has 0 aliphatic carbocycles. The number of fused-ring (bicyclic) bond motifs is 1. The van der Waals surface area contributed by atoms with Crippen LogP contribution in [0.2, 0.25) is 0 Å². The molecule has 8 heteroatoms. The minimum atomic E-state index is -0.216. The van der Waals surface area contributed by atoms with Crippen molar-refractivity contribution < 1.29 is 4.79 Å². The first-order valence-corrected chi connectivity index (χ1v) is 9.43. The highest BCUT2D eigenvalue weighted by molar-refractivity contribution is 5.94. The van der Waals surface area contributed by atoms with Crippen LogP contribution in [0.5, 0.6) is 0 Å². The van der Waals surface area contributed by atoms with E-state index in [1.807, 2.05) is 13.0 Å². The first-order chi connectivity index (χ1) is 13.4. The minimum Gasteiger partial charge on any atom is -0.330 e. The number of nitrogens with zero attached hydrogens (tertiary/aromatic N) is 4. The second-order valence-electron chi connectivity index (χ2n) is 7.41. The number of carbonyl (C=O) groups is 1. The lowest BCUT2D eigenvalue weighted by atomic mass is 9.98. The normalized spacial score (nSPS) is 17.2. The highest BCUT2D eigenvalue weighted by atomic mass is 16.2. The van der Waals surface area contributed by atoms with Crippen LogP contribution in [0.1, 0.15) is 52.6 Å². The molecule has 0 saturated carbocycles. The molecule has 0 radical (unpaired) electrons. The molecule has 4 heterocycles. The van der Waals surface area contributed by atoms with Gasteiger partial charge in [-0.25, -0.2) is 9.50 Å². The molecule has 3 aromatic heterocycles. The number of H-pyrrole nitrogens is 1. The van der Waals surface area contributed by atoms with E-state index in [1.165, 1.54) is 15.1 Å². The predicted molar refractivity (Wildman–Crippen MR) is 105 cm³/mol. The Morgan fingerprint density at radius 3 is 2.75 bits per heavy atom. The summed E-state index contributed by atoms with van der Waals surface area (Å²) in [5, 5.41) is 3.14. The van der Waals surface area contributed by atoms with E-state index in [0.717, 1.165) is 25.0 Å². The Morgan fingerprint density at radius 1 is 1.21 bits per heavy atom. The van der Waals surface area contributed by atoms with Gasteiger partial charge in [0.1, 0.15) is 0 Å². The van der Waals surface area contributed by atoms with Gasteiger partial charge < -0.3 is 9.47 Å². The summed E-state index contributed by atoms with van der Waals surface area (Å²) in [5.74, 6) is -0.172. The zero-order valence-corrected chi connectivity index (χ0v) is 16.2. The zero-order chi connectivity index (χ0) is 20.0. The Kier molecular flexibility index (Phi) is 4.41. The number of aromatic amines is 1. The molecule has 1 saturated heterocycles. The van der Waals surface area contributed by atoms with Crippen LogP contribution in [-0.4, -0.2) is 36.5 Å². The monoisotopic (exact) mass is 381 g/mol. The quantitative estimate of drug-likeness (QED) is 0.731. The van der Waals surface area contributed by atoms with Crippen LogP contribution < -0.4 is 11.1 Å². The van der Waals surface area contributed by atoms with E-state index < -0.39 is 0 Å². The fraction of sp³-hybridized carbons (Fsp3) is 0.400. The van der Waals surface area contributed by atoms with E-state index in [0.29, 0.717) is 29.0 Å². The Bertz CT molecular complexity index is 1190. The van der Waals surface area contributed by atoms with E-state index in [1.54, 1.807) is 31.1 Å². The van der Waals surface area contributed by atoms with Crippen LogP contribution in [-0.2, 0) is 7.05 Å². The number of hydrogen-bond acceptors (Lipinski definition) is 4. The van der Waals surface area contributed by atoms with E-state index in [4.69, 9.17) is 0 Å². The van der Waals surface area contributed by atoms with E-state index >= 15 is 0 Å². The molecular formula is C20H23N5O3. The first kappa shape index (κ1) is 18.2. The van der Waals surface area contributed by atoms with E-state index in [2.05, 4.69) is 10.1 Å². The van der Waals surface area contributed by atoms with Gasteiger partial charge in [0.05, 0.1) is 11.7 Å². The molecule has 1 fully saturated rings. The number of rotatable bonds is 2. The summed E-state index contributed by atoms with van der Waals surface area (Å²) in [4.78, 5) is 43.9. The Labute approximate surface area is 161 Å². The predicted octanol–water partition coefficient (Wildman–Crippen LogP) is 1.71. The molecule has 4 rings (SSSR count). The summed E-state index contributed by atoms with van der Waals surface area (Å²) >= 11 is 0. The number of pyridine rings is 1. The lowest BCUT2D eigenvalue weighted by Crippen LogP contribution is -2.39. The lowest BCUT2D eigenvalue weighted by Gasteiger charge is -2.35. The summed E-state index contributed by atoms with van der Waals surface area (Å²) in [6.45, 7) is 4.17. The summed E-state index contributed by atoms with van der Waals surface area (Å²) in [6.07, 6.45) is 4.28. The molecule has 1 amide bonds. The van der Waals surface area contributed by atoms with Gasteiger partial charge in [-0.15, -0.1) is 0 Å². The van der Waals surface area contributed by atoms with Crippen LogP contribution in [0.15, 0.2) is 34.0 Å². The van der Waals surface area contributed by atoms with Gasteiger partial charge in [0.15, 0.2) is 5.65 Å². The van der Waals surface area contributed by atoms with Gasteiger partial charge in [0.2, 0.25) is 0 Å². The third kappa shape index (κ3) is 2.94. The highest BCUT2D eigenvalue weighted by Gasteiger charge is 2.30. The number of amides is 1. The van der Waals surface area contributed by atoms with Gasteiger partial charge in [0.25, 0.3) is 17.0 Å². The maximum atomic E-state index is 13.1. The second kappa shape index (κ2) is 6.78. The fourth-order valence-corrected chi connectivity index (χ4v) is 3.75. The van der Waals surface area contributed by atoms with Crippen molar-refractivity contribution in [2.24, 2.45) is 7.05 Å². The Hall–Kier alpha value is -3.16. The molecule has 0 spiro atoms. The largest absolute Gasteiger partial charge is 0.330 e. The number of aryl methyl sites for hydroxylation is 2. The maximum absolute atomic E-state index is 13.1. The molecule has 1 aliphatic heterocycles. The van der Waals surface area contributed by atoms with Gasteiger partial charge in [-0.3, -0.25) is 19.5 Å². The van der Waals surface area contributed by atoms with Gasteiger partial charge in [0, 0.05) is 48.7 Å². The van der Waals surface area contributed by atoms with Crippen molar-refractivity contribution in [1.29, 1.82) is 0 Å². The molecule has 146 valence electrons. The van der Waals surface area contributed by atoms with Gasteiger partial charge in [-0.2, -0.15) is 0 Å². The number of likely N-dealkylation sites (tertiary alicyclic amines) is 1.